The molecule has 0 atom stereocenters. The second-order valence-electron chi connectivity index (χ2n) is 2.77. The van der Waals surface area contributed by atoms with Gasteiger partial charge in [0.1, 0.15) is 11.5 Å². The SMILES string of the molecule is Cc1ccc(OC(N)=O)cc1OC(N)=O. The lowest BCUT2D eigenvalue weighted by molar-refractivity contribution is 0.209. The third-order valence-electron chi connectivity index (χ3n) is 1.59. The van der Waals surface area contributed by atoms with Crippen LogP contribution in [0, 0.1) is 6.92 Å². The Labute approximate surface area is 85.8 Å². The van der Waals surface area contributed by atoms with Crippen molar-refractivity contribution in [2.24, 2.45) is 11.5 Å². The Morgan fingerprint density at radius 1 is 1.13 bits per heavy atom. The topological polar surface area (TPSA) is 105 Å². The third kappa shape index (κ3) is 3.18. The zero-order valence-electron chi connectivity index (χ0n) is 8.02. The second kappa shape index (κ2) is 4.32. The van der Waals surface area contributed by atoms with Crippen molar-refractivity contribution in [3.8, 4) is 11.5 Å². The van der Waals surface area contributed by atoms with Crippen molar-refractivity contribution in [2.75, 3.05) is 0 Å². The number of ether oxygens (including phenoxy) is 2. The van der Waals surface area contributed by atoms with Crippen molar-refractivity contribution < 1.29 is 19.1 Å². The van der Waals surface area contributed by atoms with E-state index in [1.807, 2.05) is 0 Å². The highest BCUT2D eigenvalue weighted by Crippen LogP contribution is 2.24. The second-order valence-corrected chi connectivity index (χ2v) is 2.77. The van der Waals surface area contributed by atoms with E-state index in [0.29, 0.717) is 5.56 Å². The van der Waals surface area contributed by atoms with Crippen LogP contribution in [0.25, 0.3) is 0 Å². The largest absolute Gasteiger partial charge is 0.410 e. The molecular formula is C9H10N2O4. The van der Waals surface area contributed by atoms with Crippen LogP contribution in [-0.2, 0) is 0 Å². The third-order valence-corrected chi connectivity index (χ3v) is 1.59. The van der Waals surface area contributed by atoms with E-state index in [1.54, 1.807) is 13.0 Å². The fourth-order valence-corrected chi connectivity index (χ4v) is 0.978. The molecule has 0 unspecified atom stereocenters. The molecule has 0 bridgehead atoms. The Hall–Kier alpha value is -2.24. The van der Waals surface area contributed by atoms with E-state index in [2.05, 4.69) is 9.47 Å². The summed E-state index contributed by atoms with van der Waals surface area (Å²) in [7, 11) is 0. The Bertz CT molecular complexity index is 403. The molecule has 2 amide bonds. The summed E-state index contributed by atoms with van der Waals surface area (Å²) in [6, 6.07) is 4.48. The van der Waals surface area contributed by atoms with E-state index in [0.717, 1.165) is 0 Å². The van der Waals surface area contributed by atoms with Crippen LogP contribution < -0.4 is 20.9 Å². The number of aryl methyl sites for hydroxylation is 1. The predicted molar refractivity (Wildman–Crippen MR) is 51.6 cm³/mol. The van der Waals surface area contributed by atoms with Gasteiger partial charge >= 0.3 is 12.2 Å². The number of rotatable bonds is 2. The van der Waals surface area contributed by atoms with Crippen molar-refractivity contribution in [3.63, 3.8) is 0 Å². The van der Waals surface area contributed by atoms with Crippen LogP contribution in [0.4, 0.5) is 9.59 Å². The van der Waals surface area contributed by atoms with Crippen molar-refractivity contribution in [1.29, 1.82) is 0 Å². The summed E-state index contributed by atoms with van der Waals surface area (Å²) in [4.78, 5) is 21.0. The van der Waals surface area contributed by atoms with E-state index >= 15 is 0 Å². The standard InChI is InChI=1S/C9H10N2O4/c1-5-2-3-6(14-8(10)12)4-7(5)15-9(11)13/h2-4H,1H3,(H2,10,12)(H2,11,13). The number of carbonyl (C=O) groups is 2. The molecule has 0 aliphatic heterocycles. The lowest BCUT2D eigenvalue weighted by atomic mass is 10.2. The smallest absolute Gasteiger partial charge is 0.409 e. The molecule has 0 heterocycles. The van der Waals surface area contributed by atoms with E-state index < -0.39 is 12.2 Å². The summed E-state index contributed by atoms with van der Waals surface area (Å²) in [6.07, 6.45) is -1.88. The van der Waals surface area contributed by atoms with Gasteiger partial charge in [-0.3, -0.25) is 0 Å². The lowest BCUT2D eigenvalue weighted by Gasteiger charge is -2.07. The maximum absolute atomic E-state index is 10.5. The molecule has 4 N–H and O–H groups in total. The van der Waals surface area contributed by atoms with Gasteiger partial charge in [-0.1, -0.05) is 6.07 Å². The zero-order chi connectivity index (χ0) is 11.4. The first-order chi connectivity index (χ1) is 6.99. The molecule has 0 fully saturated rings. The minimum Gasteiger partial charge on any atom is -0.410 e. The number of hydrogen-bond donors (Lipinski definition) is 2. The van der Waals surface area contributed by atoms with Crippen LogP contribution >= 0.6 is 0 Å². The molecule has 0 spiro atoms. The van der Waals surface area contributed by atoms with Crippen LogP contribution in [0.3, 0.4) is 0 Å². The van der Waals surface area contributed by atoms with Gasteiger partial charge < -0.3 is 20.9 Å². The molecule has 0 aliphatic carbocycles. The highest BCUT2D eigenvalue weighted by Gasteiger charge is 2.06. The quantitative estimate of drug-likeness (QED) is 0.756. The van der Waals surface area contributed by atoms with Crippen LogP contribution in [0.15, 0.2) is 18.2 Å². The summed E-state index contributed by atoms with van der Waals surface area (Å²) in [5, 5.41) is 0. The molecule has 0 aromatic heterocycles. The van der Waals surface area contributed by atoms with Crippen LogP contribution in [-0.4, -0.2) is 12.2 Å². The van der Waals surface area contributed by atoms with Crippen LogP contribution in [0.1, 0.15) is 5.56 Å². The average Bonchev–Trinajstić information content (AvgIpc) is 2.09. The molecule has 0 saturated carbocycles. The molecule has 0 radical (unpaired) electrons. The Morgan fingerprint density at radius 2 is 1.73 bits per heavy atom. The first-order valence-electron chi connectivity index (χ1n) is 4.04. The number of carbonyl (C=O) groups excluding carboxylic acids is 2. The van der Waals surface area contributed by atoms with Gasteiger partial charge in [0.25, 0.3) is 0 Å². The van der Waals surface area contributed by atoms with Crippen molar-refractivity contribution in [3.05, 3.63) is 23.8 Å². The molecule has 80 valence electrons. The Balaban J connectivity index is 2.94. The maximum Gasteiger partial charge on any atom is 0.409 e. The van der Waals surface area contributed by atoms with E-state index in [-0.39, 0.29) is 11.5 Å². The van der Waals surface area contributed by atoms with Gasteiger partial charge in [-0.05, 0) is 18.6 Å². The van der Waals surface area contributed by atoms with Gasteiger partial charge in [0.05, 0.1) is 0 Å². The number of primary amides is 2. The molecule has 0 saturated heterocycles. The van der Waals surface area contributed by atoms with E-state index in [4.69, 9.17) is 11.5 Å². The zero-order valence-corrected chi connectivity index (χ0v) is 8.02. The minimum absolute atomic E-state index is 0.185. The first kappa shape index (κ1) is 10.8. The highest BCUT2D eigenvalue weighted by molar-refractivity contribution is 5.70. The number of amides is 2. The predicted octanol–water partition coefficient (Wildman–Crippen LogP) is 0.910. The maximum atomic E-state index is 10.5. The van der Waals surface area contributed by atoms with Gasteiger partial charge in [0.15, 0.2) is 0 Å². The van der Waals surface area contributed by atoms with Gasteiger partial charge in [0.2, 0.25) is 0 Å². The summed E-state index contributed by atoms with van der Waals surface area (Å²) < 4.78 is 9.27. The van der Waals surface area contributed by atoms with Crippen molar-refractivity contribution >= 4 is 12.2 Å². The molecule has 1 aromatic carbocycles. The molecular weight excluding hydrogens is 200 g/mol. The van der Waals surface area contributed by atoms with Gasteiger partial charge in [-0.25, -0.2) is 9.59 Å². The molecule has 1 rings (SSSR count). The Morgan fingerprint density at radius 3 is 2.27 bits per heavy atom. The Kier molecular flexibility index (Phi) is 3.12. The molecule has 6 nitrogen and oxygen atoms in total. The fourth-order valence-electron chi connectivity index (χ4n) is 0.978. The van der Waals surface area contributed by atoms with Gasteiger partial charge in [-0.2, -0.15) is 0 Å². The fraction of sp³-hybridized carbons (Fsp3) is 0.111. The lowest BCUT2D eigenvalue weighted by Crippen LogP contribution is -2.18. The van der Waals surface area contributed by atoms with Gasteiger partial charge in [-0.15, -0.1) is 0 Å². The van der Waals surface area contributed by atoms with E-state index in [9.17, 15) is 9.59 Å². The summed E-state index contributed by atoms with van der Waals surface area (Å²) >= 11 is 0. The van der Waals surface area contributed by atoms with E-state index in [1.165, 1.54) is 12.1 Å². The first-order valence-corrected chi connectivity index (χ1v) is 4.04. The summed E-state index contributed by atoms with van der Waals surface area (Å²) in [5.74, 6) is 0.408. The number of nitrogens with two attached hydrogens (primary N) is 2. The molecule has 15 heavy (non-hydrogen) atoms. The molecule has 6 heteroatoms. The summed E-state index contributed by atoms with van der Waals surface area (Å²) in [5.41, 5.74) is 10.4. The highest BCUT2D eigenvalue weighted by atomic mass is 16.6. The monoisotopic (exact) mass is 210 g/mol. The van der Waals surface area contributed by atoms with Crippen molar-refractivity contribution in [2.45, 2.75) is 6.92 Å². The normalized spacial score (nSPS) is 9.40. The molecule has 0 aliphatic rings. The summed E-state index contributed by atoms with van der Waals surface area (Å²) in [6.45, 7) is 1.71. The van der Waals surface area contributed by atoms with Crippen LogP contribution in [0.5, 0.6) is 11.5 Å². The van der Waals surface area contributed by atoms with Crippen molar-refractivity contribution in [1.82, 2.24) is 0 Å². The average molecular weight is 210 g/mol. The number of benzene rings is 1. The van der Waals surface area contributed by atoms with Gasteiger partial charge in [0, 0.05) is 6.07 Å². The minimum atomic E-state index is -0.941. The number of hydrogen-bond acceptors (Lipinski definition) is 4. The van der Waals surface area contributed by atoms with Crippen LogP contribution in [0.2, 0.25) is 0 Å². The molecule has 1 aromatic rings.